The van der Waals surface area contributed by atoms with E-state index < -0.39 is 5.79 Å². The monoisotopic (exact) mass is 170 g/mol. The third-order valence-corrected chi connectivity index (χ3v) is 2.00. The molecule has 0 radical (unpaired) electrons. The molecule has 0 aromatic rings. The van der Waals surface area contributed by atoms with Crippen molar-refractivity contribution in [3.8, 4) is 0 Å². The first-order valence-electron chi connectivity index (χ1n) is 4.29. The summed E-state index contributed by atoms with van der Waals surface area (Å²) in [6.07, 6.45) is 5.45. The molecule has 2 nitrogen and oxygen atoms in total. The zero-order valence-electron chi connectivity index (χ0n) is 7.66. The molecule has 0 amide bonds. The number of hydrogen-bond donors (Lipinski definition) is 2. The van der Waals surface area contributed by atoms with Gasteiger partial charge < -0.3 is 10.2 Å². The standard InChI is InChI=1S/C10H18O2/c1-4-7-8-9(5-2)10(11,12)6-3/h5-6,9,11-12H,2-4,7-8H2,1H3. The van der Waals surface area contributed by atoms with Crippen LogP contribution in [0.1, 0.15) is 26.2 Å². The molecule has 0 aromatic heterocycles. The van der Waals surface area contributed by atoms with Crippen molar-refractivity contribution < 1.29 is 10.2 Å². The third kappa shape index (κ3) is 3.20. The highest BCUT2D eigenvalue weighted by molar-refractivity contribution is 4.98. The highest BCUT2D eigenvalue weighted by atomic mass is 16.5. The minimum absolute atomic E-state index is 0.310. The molecule has 0 saturated heterocycles. The molecular weight excluding hydrogens is 152 g/mol. The van der Waals surface area contributed by atoms with Gasteiger partial charge in [-0.05, 0) is 12.5 Å². The minimum atomic E-state index is -1.79. The van der Waals surface area contributed by atoms with Crippen LogP contribution < -0.4 is 0 Å². The Balaban J connectivity index is 4.13. The van der Waals surface area contributed by atoms with Gasteiger partial charge in [0, 0.05) is 5.92 Å². The lowest BCUT2D eigenvalue weighted by atomic mass is 9.93. The van der Waals surface area contributed by atoms with Crippen LogP contribution in [0, 0.1) is 5.92 Å². The van der Waals surface area contributed by atoms with Gasteiger partial charge in [-0.15, -0.1) is 6.58 Å². The van der Waals surface area contributed by atoms with Crippen LogP contribution in [0.2, 0.25) is 0 Å². The normalized spacial score (nSPS) is 13.9. The molecule has 2 heteroatoms. The van der Waals surface area contributed by atoms with Gasteiger partial charge in [-0.2, -0.15) is 0 Å². The lowest BCUT2D eigenvalue weighted by Gasteiger charge is -2.25. The fourth-order valence-corrected chi connectivity index (χ4v) is 1.08. The van der Waals surface area contributed by atoms with Gasteiger partial charge >= 0.3 is 0 Å². The summed E-state index contributed by atoms with van der Waals surface area (Å²) in [6.45, 7) is 8.98. The fraction of sp³-hybridized carbons (Fsp3) is 0.600. The average molecular weight is 170 g/mol. The van der Waals surface area contributed by atoms with Crippen LogP contribution >= 0.6 is 0 Å². The van der Waals surface area contributed by atoms with Gasteiger partial charge in [-0.25, -0.2) is 0 Å². The van der Waals surface area contributed by atoms with Gasteiger partial charge in [0.05, 0.1) is 0 Å². The Morgan fingerprint density at radius 3 is 2.33 bits per heavy atom. The largest absolute Gasteiger partial charge is 0.362 e. The Bertz CT molecular complexity index is 150. The summed E-state index contributed by atoms with van der Waals surface area (Å²) in [5.74, 6) is -2.10. The SMILES string of the molecule is C=CC(CCCC)C(O)(O)C=C. The van der Waals surface area contributed by atoms with Crippen LogP contribution in [0.15, 0.2) is 25.3 Å². The molecule has 0 saturated carbocycles. The highest BCUT2D eigenvalue weighted by Crippen LogP contribution is 2.22. The van der Waals surface area contributed by atoms with E-state index in [1.807, 2.05) is 0 Å². The van der Waals surface area contributed by atoms with Crippen LogP contribution in [-0.2, 0) is 0 Å². The molecule has 0 rings (SSSR count). The van der Waals surface area contributed by atoms with Gasteiger partial charge in [-0.3, -0.25) is 0 Å². The maximum absolute atomic E-state index is 9.38. The summed E-state index contributed by atoms with van der Waals surface area (Å²) in [5, 5.41) is 18.8. The zero-order chi connectivity index (χ0) is 9.61. The maximum Gasteiger partial charge on any atom is 0.188 e. The molecule has 0 spiro atoms. The molecule has 1 unspecified atom stereocenters. The molecule has 0 aliphatic heterocycles. The first-order chi connectivity index (χ1) is 5.58. The predicted octanol–water partition coefficient (Wildman–Crippen LogP) is 1.85. The summed E-state index contributed by atoms with van der Waals surface area (Å²) >= 11 is 0. The van der Waals surface area contributed by atoms with Crippen molar-refractivity contribution in [2.75, 3.05) is 0 Å². The number of rotatable bonds is 6. The quantitative estimate of drug-likeness (QED) is 0.471. The third-order valence-electron chi connectivity index (χ3n) is 2.00. The van der Waals surface area contributed by atoms with Crippen molar-refractivity contribution in [2.24, 2.45) is 5.92 Å². The number of unbranched alkanes of at least 4 members (excludes halogenated alkanes) is 1. The smallest absolute Gasteiger partial charge is 0.188 e. The molecule has 0 aliphatic carbocycles. The zero-order valence-corrected chi connectivity index (χ0v) is 7.66. The van der Waals surface area contributed by atoms with Crippen molar-refractivity contribution in [2.45, 2.75) is 32.0 Å². The van der Waals surface area contributed by atoms with E-state index in [-0.39, 0.29) is 5.92 Å². The second-order valence-electron chi connectivity index (χ2n) is 2.97. The molecule has 2 N–H and O–H groups in total. The summed E-state index contributed by atoms with van der Waals surface area (Å²) in [5.41, 5.74) is 0. The first kappa shape index (κ1) is 11.4. The Labute approximate surface area is 74.2 Å². The van der Waals surface area contributed by atoms with Gasteiger partial charge in [0.25, 0.3) is 0 Å². The van der Waals surface area contributed by atoms with Crippen molar-refractivity contribution in [1.29, 1.82) is 0 Å². The molecule has 0 heterocycles. The van der Waals surface area contributed by atoms with E-state index in [4.69, 9.17) is 0 Å². The Morgan fingerprint density at radius 1 is 1.42 bits per heavy atom. The van der Waals surface area contributed by atoms with E-state index in [1.165, 1.54) is 0 Å². The van der Waals surface area contributed by atoms with Crippen LogP contribution in [0.25, 0.3) is 0 Å². The Hall–Kier alpha value is -0.600. The Morgan fingerprint density at radius 2 is 2.00 bits per heavy atom. The van der Waals surface area contributed by atoms with Crippen LogP contribution in [0.5, 0.6) is 0 Å². The summed E-state index contributed by atoms with van der Waals surface area (Å²) in [7, 11) is 0. The maximum atomic E-state index is 9.38. The van der Waals surface area contributed by atoms with E-state index >= 15 is 0 Å². The fourth-order valence-electron chi connectivity index (χ4n) is 1.08. The second kappa shape index (κ2) is 5.12. The van der Waals surface area contributed by atoms with Crippen molar-refractivity contribution >= 4 is 0 Å². The van der Waals surface area contributed by atoms with Gasteiger partial charge in [0.1, 0.15) is 0 Å². The predicted molar refractivity (Wildman–Crippen MR) is 50.6 cm³/mol. The molecule has 0 aliphatic rings. The molecular formula is C10H18O2. The van der Waals surface area contributed by atoms with Crippen LogP contribution in [0.3, 0.4) is 0 Å². The first-order valence-corrected chi connectivity index (χ1v) is 4.29. The number of hydrogen-bond acceptors (Lipinski definition) is 2. The molecule has 70 valence electrons. The molecule has 0 bridgehead atoms. The molecule has 1 atom stereocenters. The highest BCUT2D eigenvalue weighted by Gasteiger charge is 2.27. The second-order valence-corrected chi connectivity index (χ2v) is 2.97. The van der Waals surface area contributed by atoms with E-state index in [0.29, 0.717) is 0 Å². The van der Waals surface area contributed by atoms with Crippen molar-refractivity contribution in [3.63, 3.8) is 0 Å². The van der Waals surface area contributed by atoms with Gasteiger partial charge in [0.15, 0.2) is 5.79 Å². The topological polar surface area (TPSA) is 40.5 Å². The lowest BCUT2D eigenvalue weighted by molar-refractivity contribution is -0.148. The van der Waals surface area contributed by atoms with Crippen molar-refractivity contribution in [1.82, 2.24) is 0 Å². The van der Waals surface area contributed by atoms with E-state index in [0.717, 1.165) is 25.3 Å². The van der Waals surface area contributed by atoms with E-state index in [2.05, 4.69) is 20.1 Å². The van der Waals surface area contributed by atoms with E-state index in [1.54, 1.807) is 6.08 Å². The summed E-state index contributed by atoms with van der Waals surface area (Å²) < 4.78 is 0. The summed E-state index contributed by atoms with van der Waals surface area (Å²) in [6, 6.07) is 0. The summed E-state index contributed by atoms with van der Waals surface area (Å²) in [4.78, 5) is 0. The average Bonchev–Trinajstić information content (AvgIpc) is 2.05. The van der Waals surface area contributed by atoms with Crippen LogP contribution in [0.4, 0.5) is 0 Å². The van der Waals surface area contributed by atoms with Gasteiger partial charge in [-0.1, -0.05) is 32.4 Å². The van der Waals surface area contributed by atoms with Crippen LogP contribution in [-0.4, -0.2) is 16.0 Å². The molecule has 0 aromatic carbocycles. The minimum Gasteiger partial charge on any atom is -0.362 e. The molecule has 0 fully saturated rings. The van der Waals surface area contributed by atoms with E-state index in [9.17, 15) is 10.2 Å². The molecule has 12 heavy (non-hydrogen) atoms. The van der Waals surface area contributed by atoms with Gasteiger partial charge in [0.2, 0.25) is 0 Å². The van der Waals surface area contributed by atoms with Crippen molar-refractivity contribution in [3.05, 3.63) is 25.3 Å². The number of aliphatic hydroxyl groups is 2. The Kier molecular flexibility index (Phi) is 4.86. The lowest BCUT2D eigenvalue weighted by Crippen LogP contribution is -2.33.